The number of likely N-dealkylation sites (tertiary alicyclic amines) is 1. The lowest BCUT2D eigenvalue weighted by atomic mass is 9.91. The third-order valence-corrected chi connectivity index (χ3v) is 4.57. The third kappa shape index (κ3) is 11.3. The van der Waals surface area contributed by atoms with Gasteiger partial charge in [-0.3, -0.25) is 4.90 Å². The molecule has 0 bridgehead atoms. The van der Waals surface area contributed by atoms with Gasteiger partial charge in [0.1, 0.15) is 0 Å². The number of rotatable bonds is 1. The van der Waals surface area contributed by atoms with Crippen LogP contribution in [0.5, 0.6) is 0 Å². The predicted molar refractivity (Wildman–Crippen MR) is 135 cm³/mol. The number of benzene rings is 1. The fourth-order valence-corrected chi connectivity index (χ4v) is 3.22. The minimum absolute atomic E-state index is 0.112. The maximum atomic E-state index is 9.41. The van der Waals surface area contributed by atoms with E-state index >= 15 is 0 Å². The van der Waals surface area contributed by atoms with Gasteiger partial charge in [-0.1, -0.05) is 88.4 Å². The Morgan fingerprint density at radius 3 is 2.03 bits per heavy atom. The topological polar surface area (TPSA) is 52.9 Å². The van der Waals surface area contributed by atoms with Gasteiger partial charge in [-0.15, -0.1) is 0 Å². The summed E-state index contributed by atoms with van der Waals surface area (Å²) in [6.07, 6.45) is 15.2. The molecule has 1 unspecified atom stereocenters. The Morgan fingerprint density at radius 2 is 1.52 bits per heavy atom. The van der Waals surface area contributed by atoms with Gasteiger partial charge in [0, 0.05) is 27.3 Å². The van der Waals surface area contributed by atoms with Crippen LogP contribution in [0.4, 0.5) is 0 Å². The molecule has 4 heteroatoms. The lowest BCUT2D eigenvalue weighted by molar-refractivity contribution is 0.110. The van der Waals surface area contributed by atoms with Gasteiger partial charge in [0.05, 0.1) is 12.8 Å². The monoisotopic (exact) mass is 429 g/mol. The van der Waals surface area contributed by atoms with Crippen LogP contribution in [-0.4, -0.2) is 55.3 Å². The molecular formula is C27H43NO3. The molecule has 0 spiro atoms. The van der Waals surface area contributed by atoms with E-state index in [0.29, 0.717) is 0 Å². The highest BCUT2D eigenvalue weighted by Crippen LogP contribution is 2.26. The minimum Gasteiger partial charge on any atom is -0.389 e. The summed E-state index contributed by atoms with van der Waals surface area (Å²) in [7, 11) is 3.25. The number of nitrogens with zero attached hydrogens (tertiary/aromatic N) is 1. The van der Waals surface area contributed by atoms with Crippen LogP contribution >= 0.6 is 0 Å². The molecule has 4 rings (SSSR count). The van der Waals surface area contributed by atoms with Crippen molar-refractivity contribution < 1.29 is 14.9 Å². The second kappa shape index (κ2) is 18.8. The molecule has 1 atom stereocenters. The Bertz CT molecular complexity index is 673. The normalized spacial score (nSPS) is 18.3. The lowest BCUT2D eigenvalue weighted by Gasteiger charge is -2.31. The number of aliphatic hydroxyl groups excluding tert-OH is 2. The average molecular weight is 430 g/mol. The van der Waals surface area contributed by atoms with E-state index in [2.05, 4.69) is 59.4 Å². The highest BCUT2D eigenvalue weighted by molar-refractivity contribution is 5.67. The molecule has 0 radical (unpaired) electrons. The number of allylic oxidation sites excluding steroid dienone is 2. The molecule has 2 aliphatic carbocycles. The molecule has 1 aromatic rings. The van der Waals surface area contributed by atoms with E-state index in [9.17, 15) is 5.11 Å². The molecule has 2 N–H and O–H groups in total. The van der Waals surface area contributed by atoms with Gasteiger partial charge in [0.15, 0.2) is 0 Å². The SMILES string of the molecule is C1=Cc2ccccc2C=CC1.CC.CC.COC.OCN1CCC2=CCC(O)C=C2C1. The number of methoxy groups -OCH3 is 1. The fraction of sp³-hybridized carbons (Fsp3) is 0.481. The highest BCUT2D eigenvalue weighted by atomic mass is 16.4. The van der Waals surface area contributed by atoms with Crippen molar-refractivity contribution >= 4 is 12.2 Å². The summed E-state index contributed by atoms with van der Waals surface area (Å²) < 4.78 is 4.25. The van der Waals surface area contributed by atoms with E-state index in [1.54, 1.807) is 14.2 Å². The number of ether oxygens (including phenoxy) is 1. The molecule has 1 aromatic carbocycles. The number of hydrogen-bond acceptors (Lipinski definition) is 4. The molecule has 174 valence electrons. The van der Waals surface area contributed by atoms with E-state index in [4.69, 9.17) is 5.11 Å². The molecule has 0 amide bonds. The summed E-state index contributed by atoms with van der Waals surface area (Å²) in [4.78, 5) is 1.97. The molecule has 1 saturated heterocycles. The number of aliphatic hydroxyl groups is 2. The van der Waals surface area contributed by atoms with Crippen molar-refractivity contribution in [1.82, 2.24) is 4.90 Å². The highest BCUT2D eigenvalue weighted by Gasteiger charge is 2.21. The lowest BCUT2D eigenvalue weighted by Crippen LogP contribution is -2.34. The molecular weight excluding hydrogens is 386 g/mol. The Balaban J connectivity index is 0.000000455. The van der Waals surface area contributed by atoms with Crippen LogP contribution in [0, 0.1) is 0 Å². The quantitative estimate of drug-likeness (QED) is 0.602. The number of piperidine rings is 1. The summed E-state index contributed by atoms with van der Waals surface area (Å²) in [5.41, 5.74) is 5.19. The van der Waals surface area contributed by atoms with Crippen LogP contribution in [0.1, 0.15) is 58.1 Å². The second-order valence-electron chi connectivity index (χ2n) is 6.75. The zero-order chi connectivity index (χ0) is 23.5. The largest absolute Gasteiger partial charge is 0.389 e. The van der Waals surface area contributed by atoms with Crippen LogP contribution < -0.4 is 0 Å². The first kappa shape index (κ1) is 29.0. The van der Waals surface area contributed by atoms with E-state index in [-0.39, 0.29) is 12.8 Å². The molecule has 0 saturated carbocycles. The maximum Gasteiger partial charge on any atom is 0.0959 e. The maximum absolute atomic E-state index is 9.41. The first-order valence-electron chi connectivity index (χ1n) is 11.4. The van der Waals surface area contributed by atoms with Gasteiger partial charge >= 0.3 is 0 Å². The molecule has 0 aromatic heterocycles. The second-order valence-corrected chi connectivity index (χ2v) is 6.75. The zero-order valence-electron chi connectivity index (χ0n) is 20.3. The van der Waals surface area contributed by atoms with Crippen molar-refractivity contribution in [3.05, 3.63) is 70.8 Å². The summed E-state index contributed by atoms with van der Waals surface area (Å²) >= 11 is 0. The first-order valence-corrected chi connectivity index (χ1v) is 11.4. The Kier molecular flexibility index (Phi) is 17.6. The van der Waals surface area contributed by atoms with Crippen LogP contribution in [-0.2, 0) is 4.74 Å². The van der Waals surface area contributed by atoms with Crippen molar-refractivity contribution in [2.75, 3.05) is 34.0 Å². The van der Waals surface area contributed by atoms with Crippen molar-refractivity contribution in [1.29, 1.82) is 0 Å². The van der Waals surface area contributed by atoms with Gasteiger partial charge in [-0.25, -0.2) is 0 Å². The van der Waals surface area contributed by atoms with Crippen LogP contribution in [0.15, 0.2) is 59.7 Å². The Hall–Kier alpha value is -1.98. The van der Waals surface area contributed by atoms with Gasteiger partial charge in [-0.05, 0) is 41.5 Å². The fourth-order valence-electron chi connectivity index (χ4n) is 3.22. The summed E-state index contributed by atoms with van der Waals surface area (Å²) in [6, 6.07) is 8.42. The van der Waals surface area contributed by atoms with E-state index in [1.807, 2.05) is 38.7 Å². The molecule has 3 aliphatic rings. The van der Waals surface area contributed by atoms with Crippen molar-refractivity contribution in [3.8, 4) is 0 Å². The standard InChI is InChI=1S/C11H10.C10H15NO2.C2H6O.2C2H6/c1-2-6-10-8-4-5-9-11(10)7-3-1;12-7-11-4-3-8-1-2-10(13)5-9(8)6-11;1-3-2;2*1-2/h2-9H,1H2;1,5,10,12-13H,2-4,6-7H2;1-2H3;2*1-2H3. The number of fused-ring (bicyclic) bond motifs is 2. The summed E-state index contributed by atoms with van der Waals surface area (Å²) in [5.74, 6) is 0. The average Bonchev–Trinajstić information content (AvgIpc) is 3.08. The number of hydrogen-bond donors (Lipinski definition) is 2. The summed E-state index contributed by atoms with van der Waals surface area (Å²) in [6.45, 7) is 9.82. The molecule has 1 fully saturated rings. The van der Waals surface area contributed by atoms with Crippen LogP contribution in [0.3, 0.4) is 0 Å². The zero-order valence-corrected chi connectivity index (χ0v) is 20.3. The van der Waals surface area contributed by atoms with E-state index in [1.165, 1.54) is 22.3 Å². The molecule has 1 heterocycles. The van der Waals surface area contributed by atoms with Crippen molar-refractivity contribution in [3.63, 3.8) is 0 Å². The third-order valence-electron chi connectivity index (χ3n) is 4.57. The van der Waals surface area contributed by atoms with Crippen molar-refractivity contribution in [2.45, 2.75) is 53.1 Å². The molecule has 4 nitrogen and oxygen atoms in total. The van der Waals surface area contributed by atoms with Gasteiger partial charge in [0.25, 0.3) is 0 Å². The minimum atomic E-state index is -0.322. The summed E-state index contributed by atoms with van der Waals surface area (Å²) in [5, 5.41) is 18.4. The van der Waals surface area contributed by atoms with Crippen LogP contribution in [0.25, 0.3) is 12.2 Å². The van der Waals surface area contributed by atoms with Crippen LogP contribution in [0.2, 0.25) is 0 Å². The molecule has 1 aliphatic heterocycles. The van der Waals surface area contributed by atoms with E-state index < -0.39 is 0 Å². The van der Waals surface area contributed by atoms with Gasteiger partial charge in [0.2, 0.25) is 0 Å². The molecule has 31 heavy (non-hydrogen) atoms. The van der Waals surface area contributed by atoms with E-state index in [0.717, 1.165) is 32.4 Å². The predicted octanol–water partition coefficient (Wildman–Crippen LogP) is 5.69. The van der Waals surface area contributed by atoms with Gasteiger partial charge in [-0.2, -0.15) is 0 Å². The first-order chi connectivity index (χ1) is 15.2. The Morgan fingerprint density at radius 1 is 0.968 bits per heavy atom. The van der Waals surface area contributed by atoms with Crippen molar-refractivity contribution in [2.24, 2.45) is 0 Å². The van der Waals surface area contributed by atoms with Gasteiger partial charge < -0.3 is 14.9 Å². The smallest absolute Gasteiger partial charge is 0.0959 e. The Labute approximate surface area is 190 Å².